The molecule has 2 aromatic carbocycles. The van der Waals surface area contributed by atoms with Crippen molar-refractivity contribution in [3.8, 4) is 11.3 Å². The number of fused-ring (bicyclic) bond motifs is 1. The Balaban J connectivity index is 2.15. The summed E-state index contributed by atoms with van der Waals surface area (Å²) < 4.78 is 0. The first kappa shape index (κ1) is 15.3. The molecule has 1 aromatic heterocycles. The molecule has 0 saturated heterocycles. The number of rotatable bonds is 4. The fourth-order valence-electron chi connectivity index (χ4n) is 2.39. The summed E-state index contributed by atoms with van der Waals surface area (Å²) >= 11 is 5.94. The predicted octanol–water partition coefficient (Wildman–Crippen LogP) is 4.47. The van der Waals surface area contributed by atoms with E-state index >= 15 is 0 Å². The molecule has 1 N–H and O–H groups in total. The van der Waals surface area contributed by atoms with Gasteiger partial charge in [-0.25, -0.2) is 4.98 Å². The minimum Gasteiger partial charge on any atom is -0.349 e. The number of hydrogen-bond donors (Lipinski definition) is 1. The Hall–Kier alpha value is -2.65. The van der Waals surface area contributed by atoms with Crippen LogP contribution in [0.4, 0.5) is 0 Å². The summed E-state index contributed by atoms with van der Waals surface area (Å²) in [6.07, 6.45) is 1.65. The van der Waals surface area contributed by atoms with Gasteiger partial charge in [-0.1, -0.05) is 48.0 Å². The van der Waals surface area contributed by atoms with Crippen LogP contribution in [-0.2, 0) is 0 Å². The van der Waals surface area contributed by atoms with Crippen molar-refractivity contribution in [2.45, 2.75) is 0 Å². The molecule has 1 amide bonds. The molecule has 1 heterocycles. The Morgan fingerprint density at radius 3 is 2.65 bits per heavy atom. The molecule has 0 aliphatic heterocycles. The normalized spacial score (nSPS) is 10.5. The molecule has 0 atom stereocenters. The molecule has 0 radical (unpaired) electrons. The third-order valence-corrected chi connectivity index (χ3v) is 3.76. The zero-order valence-electron chi connectivity index (χ0n) is 12.4. The molecule has 114 valence electrons. The van der Waals surface area contributed by atoms with Crippen molar-refractivity contribution in [3.05, 3.63) is 77.8 Å². The van der Waals surface area contributed by atoms with Crippen LogP contribution < -0.4 is 5.32 Å². The summed E-state index contributed by atoms with van der Waals surface area (Å²) in [4.78, 5) is 17.1. The quantitative estimate of drug-likeness (QED) is 0.720. The van der Waals surface area contributed by atoms with Crippen molar-refractivity contribution in [2.75, 3.05) is 6.54 Å². The molecule has 0 unspecified atom stereocenters. The van der Waals surface area contributed by atoms with E-state index in [1.807, 2.05) is 54.6 Å². The van der Waals surface area contributed by atoms with Gasteiger partial charge in [0.2, 0.25) is 0 Å². The van der Waals surface area contributed by atoms with E-state index in [1.165, 1.54) is 0 Å². The van der Waals surface area contributed by atoms with Crippen molar-refractivity contribution in [1.29, 1.82) is 0 Å². The number of halogens is 1. The topological polar surface area (TPSA) is 42.0 Å². The molecule has 3 aromatic rings. The van der Waals surface area contributed by atoms with Crippen LogP contribution in [0.2, 0.25) is 5.02 Å². The van der Waals surface area contributed by atoms with E-state index in [-0.39, 0.29) is 5.91 Å². The lowest BCUT2D eigenvalue weighted by Crippen LogP contribution is -2.23. The molecule has 0 bridgehead atoms. The van der Waals surface area contributed by atoms with Crippen molar-refractivity contribution in [2.24, 2.45) is 0 Å². The molecule has 0 aliphatic rings. The van der Waals surface area contributed by atoms with E-state index in [4.69, 9.17) is 11.6 Å². The summed E-state index contributed by atoms with van der Waals surface area (Å²) in [6, 6.07) is 16.8. The second kappa shape index (κ2) is 6.63. The fourth-order valence-corrected chi connectivity index (χ4v) is 2.52. The number of carbonyl (C=O) groups is 1. The predicted molar refractivity (Wildman–Crippen MR) is 94.7 cm³/mol. The molecule has 23 heavy (non-hydrogen) atoms. The van der Waals surface area contributed by atoms with Crippen molar-refractivity contribution >= 4 is 28.4 Å². The Morgan fingerprint density at radius 2 is 1.91 bits per heavy atom. The number of nitrogens with one attached hydrogen (secondary N) is 1. The van der Waals surface area contributed by atoms with E-state index in [0.717, 1.165) is 22.2 Å². The van der Waals surface area contributed by atoms with E-state index in [9.17, 15) is 4.79 Å². The van der Waals surface area contributed by atoms with E-state index in [1.54, 1.807) is 6.08 Å². The third-order valence-electron chi connectivity index (χ3n) is 3.51. The van der Waals surface area contributed by atoms with Crippen LogP contribution in [0.1, 0.15) is 10.4 Å². The molecule has 0 aliphatic carbocycles. The van der Waals surface area contributed by atoms with Crippen LogP contribution in [-0.4, -0.2) is 17.4 Å². The number of amides is 1. The number of nitrogens with zero attached hydrogens (tertiary/aromatic N) is 1. The van der Waals surface area contributed by atoms with Gasteiger partial charge in [0.1, 0.15) is 0 Å². The molecule has 0 spiro atoms. The van der Waals surface area contributed by atoms with Crippen LogP contribution in [0.5, 0.6) is 0 Å². The molecule has 4 heteroatoms. The highest BCUT2D eigenvalue weighted by molar-refractivity contribution is 6.30. The summed E-state index contributed by atoms with van der Waals surface area (Å²) in [7, 11) is 0. The van der Waals surface area contributed by atoms with Gasteiger partial charge in [0.05, 0.1) is 16.8 Å². The molecule has 0 saturated carbocycles. The van der Waals surface area contributed by atoms with Gasteiger partial charge in [-0.2, -0.15) is 0 Å². The first-order valence-corrected chi connectivity index (χ1v) is 7.61. The van der Waals surface area contributed by atoms with Gasteiger partial charge >= 0.3 is 0 Å². The van der Waals surface area contributed by atoms with Gasteiger partial charge in [0, 0.05) is 22.5 Å². The maximum absolute atomic E-state index is 12.4. The minimum absolute atomic E-state index is 0.140. The van der Waals surface area contributed by atoms with E-state index in [2.05, 4.69) is 16.9 Å². The summed E-state index contributed by atoms with van der Waals surface area (Å²) in [6.45, 7) is 4.04. The van der Waals surface area contributed by atoms with Gasteiger partial charge in [0.15, 0.2) is 0 Å². The molecular formula is C19H15ClN2O. The van der Waals surface area contributed by atoms with Gasteiger partial charge < -0.3 is 5.32 Å². The Morgan fingerprint density at radius 1 is 1.17 bits per heavy atom. The van der Waals surface area contributed by atoms with E-state index < -0.39 is 0 Å². The van der Waals surface area contributed by atoms with Gasteiger partial charge in [-0.05, 0) is 24.3 Å². The zero-order valence-corrected chi connectivity index (χ0v) is 13.2. The lowest BCUT2D eigenvalue weighted by Gasteiger charge is -2.10. The van der Waals surface area contributed by atoms with Gasteiger partial charge in [-0.15, -0.1) is 6.58 Å². The van der Waals surface area contributed by atoms with Crippen LogP contribution >= 0.6 is 11.6 Å². The molecule has 0 fully saturated rings. The first-order chi connectivity index (χ1) is 11.2. The smallest absolute Gasteiger partial charge is 0.252 e. The fraction of sp³-hybridized carbons (Fsp3) is 0.0526. The van der Waals surface area contributed by atoms with Gasteiger partial charge in [0.25, 0.3) is 5.91 Å². The van der Waals surface area contributed by atoms with Crippen molar-refractivity contribution in [1.82, 2.24) is 10.3 Å². The van der Waals surface area contributed by atoms with Crippen molar-refractivity contribution in [3.63, 3.8) is 0 Å². The first-order valence-electron chi connectivity index (χ1n) is 7.24. The number of benzene rings is 2. The molecular weight excluding hydrogens is 308 g/mol. The zero-order chi connectivity index (χ0) is 16.2. The largest absolute Gasteiger partial charge is 0.349 e. The Bertz CT molecular complexity index is 872. The second-order valence-corrected chi connectivity index (χ2v) is 5.51. The van der Waals surface area contributed by atoms with Gasteiger partial charge in [-0.3, -0.25) is 4.79 Å². The van der Waals surface area contributed by atoms with Crippen molar-refractivity contribution < 1.29 is 4.79 Å². The van der Waals surface area contributed by atoms with Crippen LogP contribution in [0, 0.1) is 0 Å². The molecule has 3 nitrogen and oxygen atoms in total. The minimum atomic E-state index is -0.140. The average molecular weight is 323 g/mol. The third kappa shape index (κ3) is 3.25. The van der Waals surface area contributed by atoms with E-state index in [0.29, 0.717) is 17.1 Å². The average Bonchev–Trinajstić information content (AvgIpc) is 2.59. The van der Waals surface area contributed by atoms with Crippen LogP contribution in [0.25, 0.3) is 22.2 Å². The standard InChI is InChI=1S/C19H15ClN2O/c1-2-11-21-19(23)16-12-18(13-7-9-14(20)10-8-13)22-17-6-4-3-5-15(16)17/h2-10,12H,1,11H2,(H,21,23). The maximum Gasteiger partial charge on any atom is 0.252 e. The number of carbonyl (C=O) groups excluding carboxylic acids is 1. The highest BCUT2D eigenvalue weighted by atomic mass is 35.5. The summed E-state index contributed by atoms with van der Waals surface area (Å²) in [5, 5.41) is 4.31. The monoisotopic (exact) mass is 322 g/mol. The highest BCUT2D eigenvalue weighted by Crippen LogP contribution is 2.25. The van der Waals surface area contributed by atoms with Crippen LogP contribution in [0.15, 0.2) is 67.3 Å². The lowest BCUT2D eigenvalue weighted by atomic mass is 10.0. The summed E-state index contributed by atoms with van der Waals surface area (Å²) in [5.41, 5.74) is 3.04. The Labute approximate surface area is 139 Å². The number of pyridine rings is 1. The Kier molecular flexibility index (Phi) is 4.40. The molecule has 3 rings (SSSR count). The second-order valence-electron chi connectivity index (χ2n) is 5.08. The summed E-state index contributed by atoms with van der Waals surface area (Å²) in [5.74, 6) is -0.140. The SMILES string of the molecule is C=CCNC(=O)c1cc(-c2ccc(Cl)cc2)nc2ccccc12. The number of hydrogen-bond acceptors (Lipinski definition) is 2. The lowest BCUT2D eigenvalue weighted by molar-refractivity contribution is 0.0959. The van der Waals surface area contributed by atoms with Crippen LogP contribution in [0.3, 0.4) is 0 Å². The number of aromatic nitrogens is 1. The number of para-hydroxylation sites is 1. The maximum atomic E-state index is 12.4. The highest BCUT2D eigenvalue weighted by Gasteiger charge is 2.13.